The fourth-order valence-electron chi connectivity index (χ4n) is 3.53. The second kappa shape index (κ2) is 10.1. The van der Waals surface area contributed by atoms with Gasteiger partial charge < -0.3 is 0 Å². The van der Waals surface area contributed by atoms with Crippen molar-refractivity contribution in [2.45, 2.75) is 44.0 Å². The summed E-state index contributed by atoms with van der Waals surface area (Å²) in [6, 6.07) is 16.3. The lowest BCUT2D eigenvalue weighted by molar-refractivity contribution is 0.530. The van der Waals surface area contributed by atoms with Crippen molar-refractivity contribution in [2.24, 2.45) is 0 Å². The van der Waals surface area contributed by atoms with Crippen LogP contribution in [0.5, 0.6) is 0 Å². The zero-order valence-corrected chi connectivity index (χ0v) is 19.0. The molecule has 31 heavy (non-hydrogen) atoms. The van der Waals surface area contributed by atoms with Crippen LogP contribution in [0.25, 0.3) is 11.1 Å². The molecule has 0 radical (unpaired) electrons. The van der Waals surface area contributed by atoms with Crippen molar-refractivity contribution < 1.29 is 8.42 Å². The third kappa shape index (κ3) is 5.50. The zero-order chi connectivity index (χ0) is 22.4. The van der Waals surface area contributed by atoms with Crippen molar-refractivity contribution >= 4 is 21.6 Å². The molecule has 3 aromatic rings. The number of hydrogen-bond acceptors (Lipinski definition) is 4. The molecule has 0 saturated heterocycles. The van der Waals surface area contributed by atoms with Gasteiger partial charge in [-0.25, -0.2) is 13.1 Å². The largest absolute Gasteiger partial charge is 0.264 e. The van der Waals surface area contributed by atoms with Crippen LogP contribution in [-0.2, 0) is 10.0 Å². The topological polar surface area (TPSA) is 82.8 Å². The van der Waals surface area contributed by atoms with Crippen molar-refractivity contribution in [2.75, 3.05) is 0 Å². The Labute approximate surface area is 188 Å². The molecule has 3 rings (SSSR count). The Kier molecular flexibility index (Phi) is 7.45. The van der Waals surface area contributed by atoms with Gasteiger partial charge in [0.05, 0.1) is 11.0 Å². The molecule has 1 heterocycles. The molecule has 1 atom stereocenters. The van der Waals surface area contributed by atoms with Crippen LogP contribution in [0, 0.1) is 25.2 Å². The average molecular weight is 454 g/mol. The highest BCUT2D eigenvalue weighted by Crippen LogP contribution is 2.30. The summed E-state index contributed by atoms with van der Waals surface area (Å²) in [5, 5.41) is 9.34. The molecule has 2 aromatic carbocycles. The molecule has 1 aromatic heterocycles. The van der Waals surface area contributed by atoms with E-state index in [1.807, 2.05) is 37.3 Å². The molecule has 1 unspecified atom stereocenters. The Morgan fingerprint density at radius 1 is 1.16 bits per heavy atom. The number of nitrogens with zero attached hydrogens (tertiary/aromatic N) is 2. The number of nitrogens with one attached hydrogen (secondary N) is 1. The minimum Gasteiger partial charge on any atom is -0.264 e. The second-order valence-electron chi connectivity index (χ2n) is 7.40. The van der Waals surface area contributed by atoms with Crippen LogP contribution in [0.1, 0.15) is 42.0 Å². The summed E-state index contributed by atoms with van der Waals surface area (Å²) >= 11 is 6.15. The van der Waals surface area contributed by atoms with Crippen LogP contribution < -0.4 is 4.72 Å². The highest BCUT2D eigenvalue weighted by atomic mass is 35.5. The average Bonchev–Trinajstić information content (AvgIpc) is 2.75. The molecule has 0 fully saturated rings. The Morgan fingerprint density at radius 2 is 1.94 bits per heavy atom. The molecule has 0 aliphatic heterocycles. The quantitative estimate of drug-likeness (QED) is 0.441. The molecule has 1 N–H and O–H groups in total. The number of unbranched alkanes of at least 4 members (excludes halogenated alkanes) is 1. The fourth-order valence-corrected chi connectivity index (χ4v) is 5.29. The van der Waals surface area contributed by atoms with E-state index in [1.165, 1.54) is 0 Å². The van der Waals surface area contributed by atoms with Crippen molar-refractivity contribution in [3.8, 4) is 17.2 Å². The van der Waals surface area contributed by atoms with Crippen LogP contribution in [0.15, 0.2) is 65.8 Å². The number of pyridine rings is 1. The highest BCUT2D eigenvalue weighted by Gasteiger charge is 2.24. The predicted octanol–water partition coefficient (Wildman–Crippen LogP) is 5.73. The van der Waals surface area contributed by atoms with E-state index in [1.54, 1.807) is 37.5 Å². The first-order valence-electron chi connectivity index (χ1n) is 9.99. The molecule has 0 aliphatic rings. The summed E-state index contributed by atoms with van der Waals surface area (Å²) in [6.45, 7) is 3.68. The van der Waals surface area contributed by atoms with Gasteiger partial charge in [0.2, 0.25) is 10.0 Å². The maximum atomic E-state index is 13.2. The maximum absolute atomic E-state index is 13.2. The lowest BCUT2D eigenvalue weighted by Crippen LogP contribution is -2.29. The molecular weight excluding hydrogens is 430 g/mol. The van der Waals surface area contributed by atoms with E-state index in [0.29, 0.717) is 29.8 Å². The molecular formula is C24H24ClN3O2S. The number of sulfonamides is 1. The fraction of sp³-hybridized carbons (Fsp3) is 0.250. The Bertz CT molecular complexity index is 1220. The molecule has 160 valence electrons. The lowest BCUT2D eigenvalue weighted by Gasteiger charge is -2.21. The maximum Gasteiger partial charge on any atom is 0.241 e. The molecule has 0 aliphatic carbocycles. The summed E-state index contributed by atoms with van der Waals surface area (Å²) in [5.74, 6) is 0. The number of aromatic nitrogens is 1. The normalized spacial score (nSPS) is 12.3. The molecule has 0 spiro atoms. The van der Waals surface area contributed by atoms with E-state index < -0.39 is 16.1 Å². The monoisotopic (exact) mass is 453 g/mol. The van der Waals surface area contributed by atoms with Crippen LogP contribution >= 0.6 is 11.6 Å². The smallest absolute Gasteiger partial charge is 0.241 e. The first-order valence-corrected chi connectivity index (χ1v) is 11.8. The van der Waals surface area contributed by atoms with E-state index >= 15 is 0 Å². The first kappa shape index (κ1) is 23.0. The molecule has 0 saturated carbocycles. The standard InChI is InChI=1S/C24H24ClN3O2S/c1-17-16-27-14-12-21(17)19-7-5-8-20(15-19)23(10-3-4-13-26)28-31(29,30)24-11-6-9-22(25)18(24)2/h5-9,11-12,14-16,23,28H,3-4,10H2,1-2H3. The summed E-state index contributed by atoms with van der Waals surface area (Å²) in [6.07, 6.45) is 4.99. The SMILES string of the molecule is Cc1cnccc1-c1cccc(C(CCCC#N)NS(=O)(=O)c2cccc(Cl)c2C)c1. The highest BCUT2D eigenvalue weighted by molar-refractivity contribution is 7.89. The molecule has 7 heteroatoms. The third-order valence-corrected chi connectivity index (χ3v) is 7.23. The number of rotatable bonds is 8. The molecule has 0 amide bonds. The molecule has 0 bridgehead atoms. The van der Waals surface area contributed by atoms with Crippen molar-refractivity contribution in [3.63, 3.8) is 0 Å². The molecule has 5 nitrogen and oxygen atoms in total. The number of benzene rings is 2. The van der Waals surface area contributed by atoms with Gasteiger partial charge in [-0.05, 0) is 78.8 Å². The van der Waals surface area contributed by atoms with Crippen molar-refractivity contribution in [1.82, 2.24) is 9.71 Å². The van der Waals surface area contributed by atoms with Gasteiger partial charge in [-0.2, -0.15) is 5.26 Å². The third-order valence-electron chi connectivity index (χ3n) is 5.21. The minimum absolute atomic E-state index is 0.159. The van der Waals surface area contributed by atoms with Gasteiger partial charge in [-0.15, -0.1) is 0 Å². The summed E-state index contributed by atoms with van der Waals surface area (Å²) in [4.78, 5) is 4.30. The van der Waals surface area contributed by atoms with Crippen LogP contribution in [0.3, 0.4) is 0 Å². The van der Waals surface area contributed by atoms with Gasteiger partial charge in [0, 0.05) is 29.9 Å². The Balaban J connectivity index is 1.98. The summed E-state index contributed by atoms with van der Waals surface area (Å²) in [7, 11) is -3.81. The van der Waals surface area contributed by atoms with E-state index in [0.717, 1.165) is 22.3 Å². The van der Waals surface area contributed by atoms with E-state index in [-0.39, 0.29) is 4.90 Å². The van der Waals surface area contributed by atoms with E-state index in [2.05, 4.69) is 15.8 Å². The number of nitriles is 1. The lowest BCUT2D eigenvalue weighted by atomic mass is 9.96. The first-order chi connectivity index (χ1) is 14.8. The number of hydrogen-bond donors (Lipinski definition) is 1. The zero-order valence-electron chi connectivity index (χ0n) is 17.5. The van der Waals surface area contributed by atoms with Gasteiger partial charge in [-0.3, -0.25) is 4.98 Å². The Hall–Kier alpha value is -2.72. The van der Waals surface area contributed by atoms with E-state index in [4.69, 9.17) is 16.9 Å². The van der Waals surface area contributed by atoms with Crippen LogP contribution in [0.2, 0.25) is 5.02 Å². The Morgan fingerprint density at radius 3 is 2.68 bits per heavy atom. The second-order valence-corrected chi connectivity index (χ2v) is 9.49. The summed E-state index contributed by atoms with van der Waals surface area (Å²) in [5.41, 5.74) is 4.42. The number of aryl methyl sites for hydroxylation is 1. The van der Waals surface area contributed by atoms with Crippen molar-refractivity contribution in [1.29, 1.82) is 5.26 Å². The van der Waals surface area contributed by atoms with Crippen LogP contribution in [0.4, 0.5) is 0 Å². The van der Waals surface area contributed by atoms with Crippen LogP contribution in [-0.4, -0.2) is 13.4 Å². The van der Waals surface area contributed by atoms with Crippen molar-refractivity contribution in [3.05, 3.63) is 82.6 Å². The van der Waals surface area contributed by atoms with Gasteiger partial charge in [0.25, 0.3) is 0 Å². The number of halogens is 1. The predicted molar refractivity (Wildman–Crippen MR) is 123 cm³/mol. The van der Waals surface area contributed by atoms with E-state index in [9.17, 15) is 8.42 Å². The van der Waals surface area contributed by atoms with Gasteiger partial charge in [0.15, 0.2) is 0 Å². The van der Waals surface area contributed by atoms with Gasteiger partial charge >= 0.3 is 0 Å². The summed E-state index contributed by atoms with van der Waals surface area (Å²) < 4.78 is 29.2. The van der Waals surface area contributed by atoms with Gasteiger partial charge in [0.1, 0.15) is 0 Å². The minimum atomic E-state index is -3.81. The van der Waals surface area contributed by atoms with Gasteiger partial charge in [-0.1, -0.05) is 35.9 Å².